The van der Waals surface area contributed by atoms with E-state index in [1.165, 1.54) is 6.07 Å². The molecule has 17 heavy (non-hydrogen) atoms. The van der Waals surface area contributed by atoms with Gasteiger partial charge in [-0.2, -0.15) is 0 Å². The lowest BCUT2D eigenvalue weighted by atomic mass is 10.0. The van der Waals surface area contributed by atoms with Crippen LogP contribution in [0.3, 0.4) is 0 Å². The third-order valence-electron chi connectivity index (χ3n) is 3.32. The van der Waals surface area contributed by atoms with Crippen molar-refractivity contribution in [3.05, 3.63) is 35.1 Å². The van der Waals surface area contributed by atoms with Crippen molar-refractivity contribution in [3.63, 3.8) is 0 Å². The highest BCUT2D eigenvalue weighted by Crippen LogP contribution is 2.23. The minimum absolute atomic E-state index is 0.254. The van der Waals surface area contributed by atoms with Crippen molar-refractivity contribution in [1.29, 1.82) is 0 Å². The molecule has 94 valence electrons. The van der Waals surface area contributed by atoms with E-state index in [1.807, 2.05) is 6.07 Å². The summed E-state index contributed by atoms with van der Waals surface area (Å²) in [6, 6.07) is 4.69. The van der Waals surface area contributed by atoms with Crippen LogP contribution >= 0.6 is 0 Å². The SMILES string of the molecule is Cc1ccc([C@@H](CF)N2CCNCC2)cc1F. The van der Waals surface area contributed by atoms with Crippen LogP contribution in [0.4, 0.5) is 8.78 Å². The van der Waals surface area contributed by atoms with Crippen molar-refractivity contribution < 1.29 is 8.78 Å². The summed E-state index contributed by atoms with van der Waals surface area (Å²) in [6.45, 7) is 4.60. The summed E-state index contributed by atoms with van der Waals surface area (Å²) in [5.74, 6) is -0.254. The summed E-state index contributed by atoms with van der Waals surface area (Å²) in [4.78, 5) is 2.07. The van der Waals surface area contributed by atoms with Crippen LogP contribution in [0.5, 0.6) is 0 Å². The van der Waals surface area contributed by atoms with Gasteiger partial charge in [-0.3, -0.25) is 4.90 Å². The van der Waals surface area contributed by atoms with E-state index in [4.69, 9.17) is 0 Å². The number of nitrogens with zero attached hydrogens (tertiary/aromatic N) is 1. The fourth-order valence-electron chi connectivity index (χ4n) is 2.21. The van der Waals surface area contributed by atoms with E-state index < -0.39 is 6.67 Å². The molecule has 1 aliphatic heterocycles. The highest BCUT2D eigenvalue weighted by atomic mass is 19.1. The second-order valence-electron chi connectivity index (χ2n) is 4.46. The Balaban J connectivity index is 2.18. The second kappa shape index (κ2) is 5.56. The molecule has 0 spiro atoms. The molecular weight excluding hydrogens is 222 g/mol. The average molecular weight is 240 g/mol. The molecule has 1 heterocycles. The summed E-state index contributed by atoms with van der Waals surface area (Å²) < 4.78 is 26.7. The quantitative estimate of drug-likeness (QED) is 0.870. The molecule has 1 atom stereocenters. The van der Waals surface area contributed by atoms with Gasteiger partial charge in [0.05, 0.1) is 6.04 Å². The number of hydrogen-bond donors (Lipinski definition) is 1. The molecule has 0 aromatic heterocycles. The number of alkyl halides is 1. The Bertz CT molecular complexity index is 376. The maximum absolute atomic E-state index is 13.5. The van der Waals surface area contributed by atoms with E-state index in [0.29, 0.717) is 5.56 Å². The maximum Gasteiger partial charge on any atom is 0.126 e. The first-order chi connectivity index (χ1) is 8.22. The Morgan fingerprint density at radius 1 is 1.35 bits per heavy atom. The molecule has 1 saturated heterocycles. The molecule has 0 amide bonds. The Morgan fingerprint density at radius 2 is 2.06 bits per heavy atom. The minimum Gasteiger partial charge on any atom is -0.314 e. The number of rotatable bonds is 3. The van der Waals surface area contributed by atoms with Gasteiger partial charge in [0.25, 0.3) is 0 Å². The highest BCUT2D eigenvalue weighted by molar-refractivity contribution is 5.26. The largest absolute Gasteiger partial charge is 0.314 e. The van der Waals surface area contributed by atoms with E-state index in [9.17, 15) is 8.78 Å². The molecule has 0 aliphatic carbocycles. The minimum atomic E-state index is -0.470. The van der Waals surface area contributed by atoms with Gasteiger partial charge in [0, 0.05) is 26.2 Å². The fraction of sp³-hybridized carbons (Fsp3) is 0.538. The van der Waals surface area contributed by atoms with E-state index in [-0.39, 0.29) is 11.9 Å². The molecule has 0 bridgehead atoms. The van der Waals surface area contributed by atoms with Crippen LogP contribution in [0.2, 0.25) is 0 Å². The molecule has 0 radical (unpaired) electrons. The monoisotopic (exact) mass is 240 g/mol. The van der Waals surface area contributed by atoms with E-state index in [1.54, 1.807) is 13.0 Å². The molecule has 1 fully saturated rings. The number of nitrogens with one attached hydrogen (secondary N) is 1. The van der Waals surface area contributed by atoms with Crippen LogP contribution in [-0.4, -0.2) is 37.8 Å². The Labute approximate surface area is 101 Å². The number of piperazine rings is 1. The second-order valence-corrected chi connectivity index (χ2v) is 4.46. The highest BCUT2D eigenvalue weighted by Gasteiger charge is 2.22. The Morgan fingerprint density at radius 3 is 2.65 bits per heavy atom. The van der Waals surface area contributed by atoms with Gasteiger partial charge in [-0.1, -0.05) is 12.1 Å². The molecule has 1 aromatic carbocycles. The van der Waals surface area contributed by atoms with Crippen molar-refractivity contribution in [3.8, 4) is 0 Å². The van der Waals surface area contributed by atoms with Crippen molar-refractivity contribution in [2.45, 2.75) is 13.0 Å². The average Bonchev–Trinajstić information content (AvgIpc) is 2.36. The first kappa shape index (κ1) is 12.5. The van der Waals surface area contributed by atoms with Gasteiger partial charge in [0.1, 0.15) is 12.5 Å². The van der Waals surface area contributed by atoms with Crippen LogP contribution in [-0.2, 0) is 0 Å². The lowest BCUT2D eigenvalue weighted by molar-refractivity contribution is 0.147. The number of benzene rings is 1. The molecule has 0 unspecified atom stereocenters. The molecule has 0 saturated carbocycles. The van der Waals surface area contributed by atoms with Crippen LogP contribution in [0.1, 0.15) is 17.2 Å². The molecule has 4 heteroatoms. The molecule has 1 aliphatic rings. The van der Waals surface area contributed by atoms with E-state index in [0.717, 1.165) is 31.7 Å². The topological polar surface area (TPSA) is 15.3 Å². The summed E-state index contributed by atoms with van der Waals surface area (Å²) in [5.41, 5.74) is 1.34. The zero-order valence-corrected chi connectivity index (χ0v) is 10.0. The predicted molar refractivity (Wildman–Crippen MR) is 64.3 cm³/mol. The summed E-state index contributed by atoms with van der Waals surface area (Å²) in [7, 11) is 0. The van der Waals surface area contributed by atoms with Gasteiger partial charge >= 0.3 is 0 Å². The van der Waals surface area contributed by atoms with Gasteiger partial charge in [-0.05, 0) is 24.1 Å². The smallest absolute Gasteiger partial charge is 0.126 e. The standard InChI is InChI=1S/C13H18F2N2/c1-10-2-3-11(8-12(10)15)13(9-14)17-6-4-16-5-7-17/h2-3,8,13,16H,4-7,9H2,1H3/t13-/m1/s1. The molecule has 2 nitrogen and oxygen atoms in total. The van der Waals surface area contributed by atoms with Crippen molar-refractivity contribution >= 4 is 0 Å². The Hall–Kier alpha value is -1.00. The van der Waals surface area contributed by atoms with Crippen LogP contribution < -0.4 is 5.32 Å². The lowest BCUT2D eigenvalue weighted by Crippen LogP contribution is -2.45. The van der Waals surface area contributed by atoms with Crippen LogP contribution in [0.15, 0.2) is 18.2 Å². The van der Waals surface area contributed by atoms with Crippen LogP contribution in [0, 0.1) is 12.7 Å². The van der Waals surface area contributed by atoms with Gasteiger partial charge in [0.2, 0.25) is 0 Å². The van der Waals surface area contributed by atoms with Gasteiger partial charge in [0.15, 0.2) is 0 Å². The van der Waals surface area contributed by atoms with Crippen molar-refractivity contribution in [2.24, 2.45) is 0 Å². The molecular formula is C13H18F2N2. The van der Waals surface area contributed by atoms with Gasteiger partial charge in [-0.15, -0.1) is 0 Å². The van der Waals surface area contributed by atoms with Crippen molar-refractivity contribution in [2.75, 3.05) is 32.9 Å². The normalized spacial score (nSPS) is 19.2. The first-order valence-corrected chi connectivity index (χ1v) is 5.99. The van der Waals surface area contributed by atoms with E-state index >= 15 is 0 Å². The molecule has 1 aromatic rings. The number of hydrogen-bond acceptors (Lipinski definition) is 2. The zero-order chi connectivity index (χ0) is 12.3. The third kappa shape index (κ3) is 2.82. The van der Waals surface area contributed by atoms with Crippen molar-refractivity contribution in [1.82, 2.24) is 10.2 Å². The first-order valence-electron chi connectivity index (χ1n) is 5.99. The third-order valence-corrected chi connectivity index (χ3v) is 3.32. The zero-order valence-electron chi connectivity index (χ0n) is 10.0. The van der Waals surface area contributed by atoms with E-state index in [2.05, 4.69) is 10.2 Å². The summed E-state index contributed by atoms with van der Waals surface area (Å²) in [6.07, 6.45) is 0. The fourth-order valence-corrected chi connectivity index (χ4v) is 2.21. The summed E-state index contributed by atoms with van der Waals surface area (Å²) in [5, 5.41) is 3.23. The number of halogens is 2. The molecule has 2 rings (SSSR count). The number of aryl methyl sites for hydroxylation is 1. The van der Waals surface area contributed by atoms with Crippen LogP contribution in [0.25, 0.3) is 0 Å². The predicted octanol–water partition coefficient (Wildman–Crippen LogP) is 2.05. The lowest BCUT2D eigenvalue weighted by Gasteiger charge is -2.33. The molecule has 1 N–H and O–H groups in total. The summed E-state index contributed by atoms with van der Waals surface area (Å²) >= 11 is 0. The maximum atomic E-state index is 13.5. The van der Waals surface area contributed by atoms with Gasteiger partial charge in [-0.25, -0.2) is 8.78 Å². The Kier molecular flexibility index (Phi) is 4.07. The van der Waals surface area contributed by atoms with Gasteiger partial charge < -0.3 is 5.32 Å².